The third kappa shape index (κ3) is 5.16. The Morgan fingerprint density at radius 2 is 1.61 bits per heavy atom. The van der Waals surface area contributed by atoms with Gasteiger partial charge < -0.3 is 4.79 Å². The number of hydrogen-bond donors (Lipinski definition) is 0. The molecule has 0 N–H and O–H groups in total. The molecule has 0 amide bonds. The van der Waals surface area contributed by atoms with Crippen molar-refractivity contribution in [2.75, 3.05) is 0 Å². The maximum absolute atomic E-state index is 11.8. The van der Waals surface area contributed by atoms with Crippen molar-refractivity contribution in [1.82, 2.24) is 15.0 Å². The molecule has 0 fully saturated rings. The van der Waals surface area contributed by atoms with Crippen LogP contribution in [0, 0.1) is 19.8 Å². The minimum absolute atomic E-state index is 0.0714. The molecule has 146 valence electrons. The van der Waals surface area contributed by atoms with E-state index in [0.29, 0.717) is 0 Å². The molecule has 4 heteroatoms. The number of aromatic nitrogens is 3. The van der Waals surface area contributed by atoms with Crippen molar-refractivity contribution in [3.8, 4) is 0 Å². The summed E-state index contributed by atoms with van der Waals surface area (Å²) < 4.78 is 9.34. The molecule has 0 aliphatic rings. The molecular formula is C24H29N3O. The maximum Gasteiger partial charge on any atom is 0.120 e. The van der Waals surface area contributed by atoms with Crippen molar-refractivity contribution in [3.05, 3.63) is 82.7 Å². The molecule has 28 heavy (non-hydrogen) atoms. The maximum atomic E-state index is 11.8. The molecule has 3 aromatic rings. The summed E-state index contributed by atoms with van der Waals surface area (Å²) in [5.41, 5.74) is 5.79. The lowest BCUT2D eigenvalue weighted by molar-refractivity contribution is -0.108. The first-order valence-electron chi connectivity index (χ1n) is 10.4. The van der Waals surface area contributed by atoms with Crippen molar-refractivity contribution in [2.45, 2.75) is 45.4 Å². The molecule has 2 aromatic carbocycles. The van der Waals surface area contributed by atoms with Crippen LogP contribution in [0.25, 0.3) is 0 Å². The van der Waals surface area contributed by atoms with Crippen LogP contribution in [-0.4, -0.2) is 21.3 Å². The van der Waals surface area contributed by atoms with Crippen molar-refractivity contribution in [2.24, 2.45) is 13.0 Å². The number of nitrogens with zero attached hydrogens (tertiary/aromatic N) is 3. The van der Waals surface area contributed by atoms with Crippen LogP contribution < -0.4 is 0 Å². The van der Waals surface area contributed by atoms with Gasteiger partial charge >= 0.3 is 0 Å². The molecule has 3 rings (SSSR count). The Hall–Kier alpha value is -2.75. The van der Waals surface area contributed by atoms with E-state index in [1.54, 1.807) is 4.68 Å². The summed E-state index contributed by atoms with van der Waals surface area (Å²) in [4.78, 5) is 11.8. The monoisotopic (exact) mass is 376 g/mol. The summed E-state index contributed by atoms with van der Waals surface area (Å²) in [5, 5.41) is 8.16. The first kappa shape index (κ1) is 18.6. The summed E-state index contributed by atoms with van der Waals surface area (Å²) >= 11 is 0. The predicted molar refractivity (Wildman–Crippen MR) is 112 cm³/mol. The molecule has 0 aliphatic heterocycles. The van der Waals surface area contributed by atoms with Crippen molar-refractivity contribution < 1.29 is 6.17 Å². The van der Waals surface area contributed by atoms with Gasteiger partial charge in [-0.05, 0) is 50.2 Å². The van der Waals surface area contributed by atoms with Gasteiger partial charge in [0, 0.05) is 25.6 Å². The Bertz CT molecular complexity index is 886. The van der Waals surface area contributed by atoms with Gasteiger partial charge in [0.15, 0.2) is 0 Å². The second-order valence-corrected chi connectivity index (χ2v) is 7.68. The topological polar surface area (TPSA) is 47.8 Å². The molecule has 0 spiro atoms. The van der Waals surface area contributed by atoms with E-state index in [1.807, 2.05) is 13.2 Å². The molecule has 1 heterocycles. The lowest BCUT2D eigenvalue weighted by Crippen LogP contribution is -2.16. The van der Waals surface area contributed by atoms with Gasteiger partial charge in [-0.3, -0.25) is 4.68 Å². The van der Waals surface area contributed by atoms with Crippen molar-refractivity contribution in [1.29, 1.82) is 0 Å². The Kier molecular flexibility index (Phi) is 6.28. The van der Waals surface area contributed by atoms with E-state index in [9.17, 15) is 4.79 Å². The van der Waals surface area contributed by atoms with Gasteiger partial charge in [-0.2, -0.15) is 0 Å². The Balaban J connectivity index is 1.87. The summed E-state index contributed by atoms with van der Waals surface area (Å²) in [6.45, 7) is 4.16. The van der Waals surface area contributed by atoms with Crippen molar-refractivity contribution in [3.63, 3.8) is 0 Å². The van der Waals surface area contributed by atoms with Gasteiger partial charge in [-0.1, -0.05) is 64.9 Å². The third-order valence-corrected chi connectivity index (χ3v) is 5.35. The smallest absolute Gasteiger partial charge is 0.120 e. The Morgan fingerprint density at radius 3 is 2.07 bits per heavy atom. The van der Waals surface area contributed by atoms with Crippen LogP contribution in [0.15, 0.2) is 54.7 Å². The second kappa shape index (κ2) is 9.45. The van der Waals surface area contributed by atoms with Gasteiger partial charge in [0.05, 0.1) is 5.69 Å². The second-order valence-electron chi connectivity index (χ2n) is 7.68. The number of aryl methyl sites for hydroxylation is 4. The number of hydrogen-bond acceptors (Lipinski definition) is 3. The quantitative estimate of drug-likeness (QED) is 0.504. The highest BCUT2D eigenvalue weighted by Crippen LogP contribution is 2.37. The molecule has 1 aromatic heterocycles. The van der Waals surface area contributed by atoms with Gasteiger partial charge in [0.25, 0.3) is 0 Å². The Morgan fingerprint density at radius 1 is 1.04 bits per heavy atom. The molecule has 1 unspecified atom stereocenters. The lowest BCUT2D eigenvalue weighted by Gasteiger charge is -2.27. The summed E-state index contributed by atoms with van der Waals surface area (Å²) in [6, 6.07) is 17.1. The van der Waals surface area contributed by atoms with E-state index in [-0.39, 0.29) is 18.3 Å². The van der Waals surface area contributed by atoms with Crippen LogP contribution >= 0.6 is 0 Å². The third-order valence-electron chi connectivity index (χ3n) is 5.35. The fourth-order valence-electron chi connectivity index (χ4n) is 3.83. The average molecular weight is 377 g/mol. The SMILES string of the molecule is [2H]C(=O)CC(CCCc1cn(C)nn1)C(c1ccc(C)cc1)c1ccc(C)cc1. The zero-order valence-corrected chi connectivity index (χ0v) is 16.9. The first-order chi connectivity index (χ1) is 13.9. The van der Waals surface area contributed by atoms with E-state index in [0.717, 1.165) is 25.0 Å². The van der Waals surface area contributed by atoms with E-state index < -0.39 is 6.26 Å². The van der Waals surface area contributed by atoms with Crippen molar-refractivity contribution >= 4 is 6.26 Å². The van der Waals surface area contributed by atoms with Gasteiger partial charge in [-0.25, -0.2) is 0 Å². The highest BCUT2D eigenvalue weighted by Gasteiger charge is 2.24. The van der Waals surface area contributed by atoms with Crippen LogP contribution in [-0.2, 0) is 18.3 Å². The van der Waals surface area contributed by atoms with E-state index >= 15 is 0 Å². The molecule has 0 radical (unpaired) electrons. The number of rotatable bonds is 9. The van der Waals surface area contributed by atoms with E-state index in [1.165, 1.54) is 22.3 Å². The van der Waals surface area contributed by atoms with E-state index in [2.05, 4.69) is 72.7 Å². The number of aldehydes is 1. The molecule has 0 saturated heterocycles. The predicted octanol–water partition coefficient (Wildman–Crippen LogP) is 4.79. The highest BCUT2D eigenvalue weighted by molar-refractivity contribution is 5.51. The lowest BCUT2D eigenvalue weighted by atomic mass is 9.76. The average Bonchev–Trinajstić information content (AvgIpc) is 3.09. The fourth-order valence-corrected chi connectivity index (χ4v) is 3.83. The van der Waals surface area contributed by atoms with Gasteiger partial charge in [0.2, 0.25) is 0 Å². The zero-order chi connectivity index (χ0) is 20.8. The fraction of sp³-hybridized carbons (Fsp3) is 0.375. The summed E-state index contributed by atoms with van der Waals surface area (Å²) in [7, 11) is 1.86. The van der Waals surface area contributed by atoms with Crippen LogP contribution in [0.5, 0.6) is 0 Å². The van der Waals surface area contributed by atoms with Crippen LogP contribution in [0.2, 0.25) is 0 Å². The molecule has 0 bridgehead atoms. The minimum Gasteiger partial charge on any atom is -0.303 e. The number of carbonyl (C=O) groups is 1. The molecule has 1 atom stereocenters. The highest BCUT2D eigenvalue weighted by atomic mass is 16.1. The summed E-state index contributed by atoms with van der Waals surface area (Å²) in [6.07, 6.45) is 4.28. The van der Waals surface area contributed by atoms with Gasteiger partial charge in [-0.15, -0.1) is 5.10 Å². The minimum atomic E-state index is -0.501. The van der Waals surface area contributed by atoms with Gasteiger partial charge in [0.1, 0.15) is 7.63 Å². The number of benzene rings is 2. The van der Waals surface area contributed by atoms with Crippen LogP contribution in [0.4, 0.5) is 0 Å². The van der Waals surface area contributed by atoms with Crippen LogP contribution in [0.1, 0.15) is 54.5 Å². The molecular weight excluding hydrogens is 346 g/mol. The van der Waals surface area contributed by atoms with E-state index in [4.69, 9.17) is 1.37 Å². The largest absolute Gasteiger partial charge is 0.303 e. The summed E-state index contributed by atoms with van der Waals surface area (Å²) in [5.74, 6) is 0.162. The standard InChI is InChI=1S/C24H29N3O/c1-18-7-11-21(12-8-18)24(22-13-9-19(2)10-14-22)20(15-16-28)5-4-6-23-17-27(3)26-25-23/h7-14,16-17,20,24H,4-6,15H2,1-3H3/i16D. The Labute approximate surface area is 169 Å². The zero-order valence-electron chi connectivity index (χ0n) is 17.9. The molecule has 0 saturated carbocycles. The first-order valence-corrected chi connectivity index (χ1v) is 9.90. The number of carbonyl (C=O) groups excluding carboxylic acids is 1. The molecule has 0 aliphatic carbocycles. The van der Waals surface area contributed by atoms with Crippen LogP contribution in [0.3, 0.4) is 0 Å². The normalized spacial score (nSPS) is 12.8. The molecule has 4 nitrogen and oxygen atoms in total.